The predicted octanol–water partition coefficient (Wildman–Crippen LogP) is 4.96. The number of hydrogen-bond acceptors (Lipinski definition) is 5. The molecule has 3 N–H and O–H groups in total. The molecular formula is C23H18ClF4N5O3. The Hall–Kier alpha value is -3.80. The summed E-state index contributed by atoms with van der Waals surface area (Å²) in [4.78, 5) is 27.0. The summed E-state index contributed by atoms with van der Waals surface area (Å²) in [6, 6.07) is 7.45. The molecule has 5 rings (SSSR count). The molecule has 0 bridgehead atoms. The van der Waals surface area contributed by atoms with Gasteiger partial charge in [0, 0.05) is 6.54 Å². The Balaban J connectivity index is 1.50. The van der Waals surface area contributed by atoms with Gasteiger partial charge in [-0.25, -0.2) is 13.9 Å². The van der Waals surface area contributed by atoms with Crippen LogP contribution in [-0.2, 0) is 16.5 Å². The molecule has 1 aromatic heterocycles. The molecule has 2 aromatic carbocycles. The number of carbonyl (C=O) groups excluding carboxylic acids is 2. The molecule has 2 amide bonds. The molecule has 2 aliphatic heterocycles. The van der Waals surface area contributed by atoms with Crippen molar-refractivity contribution in [1.29, 1.82) is 0 Å². The van der Waals surface area contributed by atoms with E-state index in [1.807, 2.05) is 0 Å². The second kappa shape index (κ2) is 8.40. The van der Waals surface area contributed by atoms with Crippen molar-refractivity contribution >= 4 is 35.1 Å². The molecule has 188 valence electrons. The second-order valence-corrected chi connectivity index (χ2v) is 8.90. The number of para-hydroxylation sites is 1. The Morgan fingerprint density at radius 2 is 1.97 bits per heavy atom. The number of fused-ring (bicyclic) bond motifs is 2. The zero-order valence-corrected chi connectivity index (χ0v) is 19.2. The molecule has 0 unspecified atom stereocenters. The van der Waals surface area contributed by atoms with Crippen molar-refractivity contribution in [3.63, 3.8) is 0 Å². The highest BCUT2D eigenvalue weighted by Crippen LogP contribution is 2.45. The van der Waals surface area contributed by atoms with Crippen LogP contribution in [0.15, 0.2) is 42.6 Å². The topological polar surface area (TPSA) is 102 Å². The number of ether oxygens (including phenoxy) is 1. The minimum absolute atomic E-state index is 0.0230. The third-order valence-corrected chi connectivity index (χ3v) is 6.58. The van der Waals surface area contributed by atoms with Crippen LogP contribution in [0.25, 0.3) is 5.69 Å². The van der Waals surface area contributed by atoms with Gasteiger partial charge in [0.15, 0.2) is 11.4 Å². The average molecular weight is 524 g/mol. The standard InChI is InChI=1S/C23H18ClF4N5O3/c24-14-6-7-15-17(18(14)25)22(36-21(35)31-15)8-3-9-32(11-22)20(34)12-10-30-33(19(12)29)16-5-2-1-4-13(16)23(26,27)28/h1-2,4-7,10H,3,8-9,11,29H2,(H,31,35)/t22-/m0/s1. The fourth-order valence-corrected chi connectivity index (χ4v) is 4.89. The monoisotopic (exact) mass is 523 g/mol. The molecule has 1 saturated heterocycles. The van der Waals surface area contributed by atoms with Crippen LogP contribution in [0.3, 0.4) is 0 Å². The van der Waals surface area contributed by atoms with E-state index in [1.54, 1.807) is 0 Å². The van der Waals surface area contributed by atoms with Gasteiger partial charge >= 0.3 is 12.3 Å². The summed E-state index contributed by atoms with van der Waals surface area (Å²) < 4.78 is 61.9. The molecule has 13 heteroatoms. The van der Waals surface area contributed by atoms with Crippen LogP contribution in [-0.4, -0.2) is 39.8 Å². The number of nitrogens with one attached hydrogen (secondary N) is 1. The van der Waals surface area contributed by atoms with Gasteiger partial charge in [-0.15, -0.1) is 0 Å². The summed E-state index contributed by atoms with van der Waals surface area (Å²) >= 11 is 5.97. The zero-order chi connectivity index (χ0) is 25.8. The minimum atomic E-state index is -4.67. The number of hydrogen-bond donors (Lipinski definition) is 2. The van der Waals surface area contributed by atoms with E-state index in [0.29, 0.717) is 6.42 Å². The van der Waals surface area contributed by atoms with Crippen molar-refractivity contribution in [2.24, 2.45) is 0 Å². The predicted molar refractivity (Wildman–Crippen MR) is 121 cm³/mol. The summed E-state index contributed by atoms with van der Waals surface area (Å²) in [6.45, 7) is 0.000111. The molecule has 0 saturated carbocycles. The number of piperidine rings is 1. The number of anilines is 2. The normalized spacial score (nSPS) is 19.6. The first-order valence-corrected chi connectivity index (χ1v) is 11.2. The highest BCUT2D eigenvalue weighted by Gasteiger charge is 2.49. The van der Waals surface area contributed by atoms with Gasteiger partial charge in [0.1, 0.15) is 11.4 Å². The number of aromatic nitrogens is 2. The van der Waals surface area contributed by atoms with E-state index in [4.69, 9.17) is 22.1 Å². The first-order chi connectivity index (χ1) is 17.0. The fraction of sp³-hybridized carbons (Fsp3) is 0.261. The lowest BCUT2D eigenvalue weighted by Crippen LogP contribution is -2.53. The van der Waals surface area contributed by atoms with Crippen LogP contribution in [0.4, 0.5) is 33.9 Å². The van der Waals surface area contributed by atoms with Gasteiger partial charge in [-0.3, -0.25) is 10.1 Å². The second-order valence-electron chi connectivity index (χ2n) is 8.49. The van der Waals surface area contributed by atoms with Crippen molar-refractivity contribution in [1.82, 2.24) is 14.7 Å². The number of carbonyl (C=O) groups is 2. The van der Waals surface area contributed by atoms with Crippen molar-refractivity contribution in [2.45, 2.75) is 24.6 Å². The summed E-state index contributed by atoms with van der Waals surface area (Å²) in [5.41, 5.74) is 3.33. The van der Waals surface area contributed by atoms with Crippen molar-refractivity contribution < 1.29 is 31.9 Å². The van der Waals surface area contributed by atoms with E-state index in [-0.39, 0.29) is 52.9 Å². The molecule has 8 nitrogen and oxygen atoms in total. The third-order valence-electron chi connectivity index (χ3n) is 6.29. The molecule has 1 fully saturated rings. The van der Waals surface area contributed by atoms with Gasteiger partial charge in [0.2, 0.25) is 0 Å². The van der Waals surface area contributed by atoms with Crippen LogP contribution in [0.2, 0.25) is 5.02 Å². The lowest BCUT2D eigenvalue weighted by Gasteiger charge is -2.45. The first-order valence-electron chi connectivity index (χ1n) is 10.8. The number of amides is 2. The average Bonchev–Trinajstić information content (AvgIpc) is 3.21. The first kappa shape index (κ1) is 23.9. The summed E-state index contributed by atoms with van der Waals surface area (Å²) in [5, 5.41) is 6.18. The maximum absolute atomic E-state index is 15.1. The number of halogens is 5. The lowest BCUT2D eigenvalue weighted by atomic mass is 9.83. The Labute approximate surface area is 206 Å². The highest BCUT2D eigenvalue weighted by molar-refractivity contribution is 6.31. The molecule has 0 radical (unpaired) electrons. The molecule has 3 aromatic rings. The van der Waals surface area contributed by atoms with Gasteiger partial charge in [-0.05, 0) is 37.1 Å². The number of nitrogen functional groups attached to an aromatic ring is 1. The van der Waals surface area contributed by atoms with Crippen molar-refractivity contribution in [3.05, 3.63) is 70.1 Å². The summed E-state index contributed by atoms with van der Waals surface area (Å²) in [6.07, 6.45) is -3.84. The van der Waals surface area contributed by atoms with Gasteiger partial charge in [-0.2, -0.15) is 18.3 Å². The molecule has 2 aliphatic rings. The van der Waals surface area contributed by atoms with E-state index < -0.39 is 35.2 Å². The summed E-state index contributed by atoms with van der Waals surface area (Å²) in [5.74, 6) is -1.73. The van der Waals surface area contributed by atoms with E-state index in [1.165, 1.54) is 35.2 Å². The van der Waals surface area contributed by atoms with Crippen LogP contribution < -0.4 is 11.1 Å². The Morgan fingerprint density at radius 3 is 2.72 bits per heavy atom. The van der Waals surface area contributed by atoms with Crippen LogP contribution in [0.1, 0.15) is 34.3 Å². The molecular weight excluding hydrogens is 506 g/mol. The van der Waals surface area contributed by atoms with Crippen LogP contribution in [0.5, 0.6) is 0 Å². The number of likely N-dealkylation sites (tertiary alicyclic amines) is 1. The number of nitrogens with two attached hydrogens (primary N) is 1. The van der Waals surface area contributed by atoms with E-state index in [0.717, 1.165) is 16.9 Å². The minimum Gasteiger partial charge on any atom is -0.436 e. The Morgan fingerprint density at radius 1 is 1.22 bits per heavy atom. The van der Waals surface area contributed by atoms with Gasteiger partial charge in [0.25, 0.3) is 5.91 Å². The number of benzene rings is 2. The fourth-order valence-electron chi connectivity index (χ4n) is 4.73. The van der Waals surface area contributed by atoms with Crippen molar-refractivity contribution in [3.8, 4) is 5.69 Å². The van der Waals surface area contributed by atoms with Crippen LogP contribution in [0, 0.1) is 5.82 Å². The maximum atomic E-state index is 15.1. The lowest BCUT2D eigenvalue weighted by molar-refractivity contribution is -0.137. The molecule has 3 heterocycles. The van der Waals surface area contributed by atoms with Gasteiger partial charge in [0.05, 0.1) is 40.3 Å². The highest BCUT2D eigenvalue weighted by atomic mass is 35.5. The van der Waals surface area contributed by atoms with E-state index in [9.17, 15) is 22.8 Å². The van der Waals surface area contributed by atoms with Crippen LogP contribution >= 0.6 is 11.6 Å². The van der Waals surface area contributed by atoms with Gasteiger partial charge < -0.3 is 15.4 Å². The SMILES string of the molecule is Nc1c(C(=O)N2CCC[C@@]3(C2)OC(=O)Nc2ccc(Cl)c(F)c23)cnn1-c1ccccc1C(F)(F)F. The Kier molecular flexibility index (Phi) is 5.58. The molecule has 36 heavy (non-hydrogen) atoms. The Bertz CT molecular complexity index is 1390. The largest absolute Gasteiger partial charge is 0.436 e. The maximum Gasteiger partial charge on any atom is 0.418 e. The summed E-state index contributed by atoms with van der Waals surface area (Å²) in [7, 11) is 0. The third kappa shape index (κ3) is 3.81. The van der Waals surface area contributed by atoms with Crippen molar-refractivity contribution in [2.75, 3.05) is 24.1 Å². The zero-order valence-electron chi connectivity index (χ0n) is 18.4. The smallest absolute Gasteiger partial charge is 0.418 e. The number of alkyl halides is 3. The molecule has 1 atom stereocenters. The number of rotatable bonds is 2. The molecule has 1 spiro atoms. The van der Waals surface area contributed by atoms with E-state index in [2.05, 4.69) is 10.4 Å². The van der Waals surface area contributed by atoms with Gasteiger partial charge in [-0.1, -0.05) is 23.7 Å². The quantitative estimate of drug-likeness (QED) is 0.462. The molecule has 0 aliphatic carbocycles. The van der Waals surface area contributed by atoms with E-state index >= 15 is 4.39 Å². The number of nitrogens with zero attached hydrogens (tertiary/aromatic N) is 3.